The number of nitrogens with zero attached hydrogens (tertiary/aromatic N) is 2. The van der Waals surface area contributed by atoms with E-state index in [1.54, 1.807) is 6.21 Å². The third-order valence-electron chi connectivity index (χ3n) is 6.37. The number of aromatic nitrogens is 1. The zero-order valence-corrected chi connectivity index (χ0v) is 20.0. The quantitative estimate of drug-likeness (QED) is 0.196. The van der Waals surface area contributed by atoms with E-state index in [-0.39, 0.29) is 17.5 Å². The molecule has 1 fully saturated rings. The molecule has 5 nitrogen and oxygen atoms in total. The number of carbonyl (C=O) groups excluding carboxylic acids is 1. The molecule has 2 aromatic carbocycles. The van der Waals surface area contributed by atoms with Gasteiger partial charge in [-0.2, -0.15) is 0 Å². The minimum atomic E-state index is -1.00. The van der Waals surface area contributed by atoms with Crippen molar-refractivity contribution in [3.05, 3.63) is 88.7 Å². The van der Waals surface area contributed by atoms with Crippen LogP contribution in [0.4, 0.5) is 14.5 Å². The highest BCUT2D eigenvalue weighted by Crippen LogP contribution is 2.38. The second-order valence-electron chi connectivity index (χ2n) is 8.93. The van der Waals surface area contributed by atoms with Crippen molar-refractivity contribution in [2.45, 2.75) is 57.9 Å². The molecule has 1 amide bonds. The summed E-state index contributed by atoms with van der Waals surface area (Å²) in [5, 5.41) is 6.90. The van der Waals surface area contributed by atoms with Gasteiger partial charge in [0.25, 0.3) is 5.91 Å². The van der Waals surface area contributed by atoms with Crippen LogP contribution in [-0.2, 0) is 11.4 Å². The molecule has 7 heteroatoms. The number of nitrogens with one attached hydrogen (secondary N) is 1. The summed E-state index contributed by atoms with van der Waals surface area (Å²) in [5.41, 5.74) is 3.55. The first-order valence-electron chi connectivity index (χ1n) is 12.3. The third-order valence-corrected chi connectivity index (χ3v) is 6.37. The topological polar surface area (TPSA) is 55.6 Å². The Kier molecular flexibility index (Phi) is 8.29. The first-order valence-corrected chi connectivity index (χ1v) is 12.3. The van der Waals surface area contributed by atoms with E-state index in [1.807, 2.05) is 24.3 Å². The number of halogens is 2. The van der Waals surface area contributed by atoms with Gasteiger partial charge in [0.1, 0.15) is 6.61 Å². The minimum absolute atomic E-state index is 0.209. The molecule has 35 heavy (non-hydrogen) atoms. The molecule has 0 atom stereocenters. The average molecular weight is 480 g/mol. The van der Waals surface area contributed by atoms with E-state index < -0.39 is 11.6 Å². The summed E-state index contributed by atoms with van der Waals surface area (Å²) in [6.07, 6.45) is 7.79. The highest BCUT2D eigenvalue weighted by atomic mass is 19.2. The molecule has 1 aliphatic carbocycles. The second-order valence-corrected chi connectivity index (χ2v) is 8.93. The molecule has 0 radical (unpaired) electrons. The molecule has 4 rings (SSSR count). The molecule has 0 bridgehead atoms. The molecule has 0 spiro atoms. The Morgan fingerprint density at radius 2 is 1.89 bits per heavy atom. The van der Waals surface area contributed by atoms with Gasteiger partial charge >= 0.3 is 0 Å². The van der Waals surface area contributed by atoms with E-state index in [0.29, 0.717) is 18.7 Å². The fourth-order valence-corrected chi connectivity index (χ4v) is 4.58. The van der Waals surface area contributed by atoms with Gasteiger partial charge in [0.05, 0.1) is 17.5 Å². The van der Waals surface area contributed by atoms with Gasteiger partial charge in [-0.25, -0.2) is 8.78 Å². The molecule has 1 aliphatic rings. The van der Waals surface area contributed by atoms with Crippen LogP contribution in [0.3, 0.4) is 0 Å². The van der Waals surface area contributed by atoms with E-state index in [2.05, 4.69) is 34.1 Å². The summed E-state index contributed by atoms with van der Waals surface area (Å²) in [7, 11) is 0. The van der Waals surface area contributed by atoms with Crippen LogP contribution in [0, 0.1) is 11.6 Å². The smallest absolute Gasteiger partial charge is 0.257 e. The van der Waals surface area contributed by atoms with Crippen molar-refractivity contribution in [3.8, 4) is 0 Å². The lowest BCUT2D eigenvalue weighted by Crippen LogP contribution is -2.17. The number of carbonyl (C=O) groups is 1. The lowest BCUT2D eigenvalue weighted by molar-refractivity contribution is 0.102. The predicted octanol–water partition coefficient (Wildman–Crippen LogP) is 6.88. The van der Waals surface area contributed by atoms with Crippen LogP contribution in [0.25, 0.3) is 0 Å². The maximum Gasteiger partial charge on any atom is 0.257 e. The van der Waals surface area contributed by atoms with Crippen LogP contribution in [0.15, 0.2) is 59.8 Å². The largest absolute Gasteiger partial charge is 0.396 e. The van der Waals surface area contributed by atoms with Gasteiger partial charge in [0.2, 0.25) is 0 Å². The zero-order chi connectivity index (χ0) is 24.6. The van der Waals surface area contributed by atoms with Crippen LogP contribution in [0.2, 0.25) is 0 Å². The Morgan fingerprint density at radius 3 is 2.60 bits per heavy atom. The monoisotopic (exact) mass is 479 g/mol. The van der Waals surface area contributed by atoms with Gasteiger partial charge in [-0.3, -0.25) is 4.79 Å². The fourth-order valence-electron chi connectivity index (χ4n) is 4.58. The van der Waals surface area contributed by atoms with Crippen molar-refractivity contribution in [2.75, 3.05) is 11.9 Å². The SMILES string of the molecule is CCCCON=Cc1cc(C(=O)Nc2ccc(F)c(F)c2)c(C2CCCC2)n1Cc1ccccc1. The zero-order valence-electron chi connectivity index (χ0n) is 20.0. The van der Waals surface area contributed by atoms with Gasteiger partial charge in [0, 0.05) is 29.9 Å². The molecule has 1 saturated carbocycles. The average Bonchev–Trinajstić information content (AvgIpc) is 3.50. The van der Waals surface area contributed by atoms with Gasteiger partial charge < -0.3 is 14.7 Å². The number of rotatable bonds is 10. The second kappa shape index (κ2) is 11.8. The Labute approximate surface area is 204 Å². The van der Waals surface area contributed by atoms with E-state index in [4.69, 9.17) is 4.84 Å². The number of oxime groups is 1. The Balaban J connectivity index is 1.72. The highest BCUT2D eigenvalue weighted by Gasteiger charge is 2.28. The lowest BCUT2D eigenvalue weighted by Gasteiger charge is -2.18. The molecule has 1 N–H and O–H groups in total. The molecule has 1 heterocycles. The van der Waals surface area contributed by atoms with Gasteiger partial charge in [0.15, 0.2) is 11.6 Å². The number of amides is 1. The van der Waals surface area contributed by atoms with E-state index in [0.717, 1.165) is 67.6 Å². The van der Waals surface area contributed by atoms with Crippen molar-refractivity contribution in [3.63, 3.8) is 0 Å². The maximum absolute atomic E-state index is 13.7. The van der Waals surface area contributed by atoms with E-state index in [9.17, 15) is 13.6 Å². The molecule has 0 saturated heterocycles. The summed E-state index contributed by atoms with van der Waals surface area (Å²) >= 11 is 0. The van der Waals surface area contributed by atoms with Crippen molar-refractivity contribution >= 4 is 17.8 Å². The first-order chi connectivity index (χ1) is 17.1. The summed E-state index contributed by atoms with van der Waals surface area (Å²) in [4.78, 5) is 18.8. The number of anilines is 1. The Hall–Kier alpha value is -3.48. The van der Waals surface area contributed by atoms with Crippen LogP contribution in [0.5, 0.6) is 0 Å². The molecule has 0 unspecified atom stereocenters. The van der Waals surface area contributed by atoms with Crippen molar-refractivity contribution in [2.24, 2.45) is 5.16 Å². The Bertz CT molecular complexity index is 1170. The van der Waals surface area contributed by atoms with Crippen molar-refractivity contribution in [1.82, 2.24) is 4.57 Å². The normalized spacial score (nSPS) is 14.0. The molecule has 184 valence electrons. The van der Waals surface area contributed by atoms with Crippen LogP contribution >= 0.6 is 0 Å². The lowest BCUT2D eigenvalue weighted by atomic mass is 9.99. The summed E-state index contributed by atoms with van der Waals surface area (Å²) in [5.74, 6) is -2.08. The van der Waals surface area contributed by atoms with Crippen LogP contribution in [-0.4, -0.2) is 23.3 Å². The fraction of sp³-hybridized carbons (Fsp3) is 0.357. The number of hydrogen-bond acceptors (Lipinski definition) is 3. The predicted molar refractivity (Wildman–Crippen MR) is 134 cm³/mol. The van der Waals surface area contributed by atoms with Gasteiger partial charge in [-0.1, -0.05) is 61.7 Å². The number of benzene rings is 2. The van der Waals surface area contributed by atoms with Gasteiger partial charge in [-0.05, 0) is 43.0 Å². The van der Waals surface area contributed by atoms with Gasteiger partial charge in [-0.15, -0.1) is 0 Å². The number of hydrogen-bond donors (Lipinski definition) is 1. The van der Waals surface area contributed by atoms with E-state index >= 15 is 0 Å². The number of unbranched alkanes of at least 4 members (excludes halogenated alkanes) is 1. The van der Waals surface area contributed by atoms with Crippen molar-refractivity contribution in [1.29, 1.82) is 0 Å². The van der Waals surface area contributed by atoms with Crippen LogP contribution < -0.4 is 5.32 Å². The minimum Gasteiger partial charge on any atom is -0.396 e. The summed E-state index contributed by atoms with van der Waals surface area (Å²) in [6.45, 7) is 3.20. The maximum atomic E-state index is 13.7. The standard InChI is InChI=1S/C28H31F2N3O2/c1-2-3-15-35-31-18-23-17-24(28(34)32-22-13-14-25(29)26(30)16-22)27(21-11-7-8-12-21)33(23)19-20-9-5-4-6-10-20/h4-6,9-10,13-14,16-18,21H,2-3,7-8,11-12,15,19H2,1H3,(H,32,34). The highest BCUT2D eigenvalue weighted by molar-refractivity contribution is 6.06. The Morgan fingerprint density at radius 1 is 1.11 bits per heavy atom. The molecule has 0 aliphatic heterocycles. The summed E-state index contributed by atoms with van der Waals surface area (Å²) in [6, 6.07) is 15.2. The first kappa shape index (κ1) is 24.6. The molecular weight excluding hydrogens is 448 g/mol. The molecule has 1 aromatic heterocycles. The molecule has 3 aromatic rings. The van der Waals surface area contributed by atoms with Crippen molar-refractivity contribution < 1.29 is 18.4 Å². The third kappa shape index (κ3) is 6.15. The summed E-state index contributed by atoms with van der Waals surface area (Å²) < 4.78 is 29.2. The molecular formula is C28H31F2N3O2. The van der Waals surface area contributed by atoms with E-state index in [1.165, 1.54) is 6.07 Å². The van der Waals surface area contributed by atoms with Crippen LogP contribution in [0.1, 0.15) is 78.7 Å².